The molecule has 1 aromatic carbocycles. The van der Waals surface area contributed by atoms with Crippen molar-refractivity contribution in [1.29, 1.82) is 0 Å². The molecule has 1 fully saturated rings. The number of anilines is 2. The molecule has 2 rings (SSSR count). The predicted molar refractivity (Wildman–Crippen MR) is 121 cm³/mol. The van der Waals surface area contributed by atoms with Gasteiger partial charge in [0, 0.05) is 36.9 Å². The van der Waals surface area contributed by atoms with E-state index < -0.39 is 6.04 Å². The van der Waals surface area contributed by atoms with Gasteiger partial charge in [0.1, 0.15) is 6.04 Å². The number of halogens is 2. The summed E-state index contributed by atoms with van der Waals surface area (Å²) in [6.07, 6.45) is 3.88. The quantitative estimate of drug-likeness (QED) is 0.559. The van der Waals surface area contributed by atoms with Gasteiger partial charge in [-0.3, -0.25) is 9.59 Å². The Morgan fingerprint density at radius 2 is 1.82 bits per heavy atom. The third-order valence-electron chi connectivity index (χ3n) is 4.75. The lowest BCUT2D eigenvalue weighted by Gasteiger charge is -2.21. The van der Waals surface area contributed by atoms with E-state index in [0.717, 1.165) is 30.9 Å². The number of hydrogen-bond acceptors (Lipinski definition) is 4. The van der Waals surface area contributed by atoms with Crippen molar-refractivity contribution in [3.63, 3.8) is 0 Å². The average Bonchev–Trinajstić information content (AvgIpc) is 3.16. The van der Waals surface area contributed by atoms with Crippen LogP contribution < -0.4 is 20.9 Å². The lowest BCUT2D eigenvalue weighted by molar-refractivity contribution is -0.128. The Morgan fingerprint density at radius 1 is 1.14 bits per heavy atom. The molecule has 0 saturated carbocycles. The van der Waals surface area contributed by atoms with Gasteiger partial charge in [0.15, 0.2) is 0 Å². The van der Waals surface area contributed by atoms with Gasteiger partial charge in [-0.1, -0.05) is 26.3 Å². The molecule has 0 radical (unpaired) electrons. The Labute approximate surface area is 181 Å². The summed E-state index contributed by atoms with van der Waals surface area (Å²) >= 11 is 0. The molecule has 1 aliphatic heterocycles. The molecule has 3 N–H and O–H groups in total. The molecule has 8 heteroatoms. The molecule has 1 saturated heterocycles. The van der Waals surface area contributed by atoms with Gasteiger partial charge < -0.3 is 20.9 Å². The fourth-order valence-corrected chi connectivity index (χ4v) is 3.26. The molecule has 0 aromatic heterocycles. The summed E-state index contributed by atoms with van der Waals surface area (Å²) in [4.78, 5) is 27.3. The van der Waals surface area contributed by atoms with Crippen LogP contribution in [0.4, 0.5) is 11.4 Å². The van der Waals surface area contributed by atoms with E-state index in [9.17, 15) is 9.59 Å². The molecule has 1 heterocycles. The summed E-state index contributed by atoms with van der Waals surface area (Å²) in [6.45, 7) is 6.58. The van der Waals surface area contributed by atoms with Crippen LogP contribution in [0.25, 0.3) is 0 Å². The van der Waals surface area contributed by atoms with Crippen LogP contribution in [0.15, 0.2) is 24.3 Å². The highest BCUT2D eigenvalue weighted by Crippen LogP contribution is 2.23. The smallest absolute Gasteiger partial charge is 0.246 e. The molecule has 28 heavy (non-hydrogen) atoms. The first-order valence-corrected chi connectivity index (χ1v) is 9.66. The Balaban J connectivity index is 0.00000364. The van der Waals surface area contributed by atoms with E-state index in [-0.39, 0.29) is 42.5 Å². The zero-order chi connectivity index (χ0) is 18.9. The highest BCUT2D eigenvalue weighted by molar-refractivity contribution is 5.97. The molecule has 6 nitrogen and oxygen atoms in total. The fourth-order valence-electron chi connectivity index (χ4n) is 3.26. The molecule has 160 valence electrons. The third kappa shape index (κ3) is 7.86. The van der Waals surface area contributed by atoms with E-state index in [2.05, 4.69) is 26.9 Å². The summed E-state index contributed by atoms with van der Waals surface area (Å²) in [5.74, 6) is -0.431. The minimum atomic E-state index is -0.512. The summed E-state index contributed by atoms with van der Waals surface area (Å²) in [7, 11) is 1.81. The zero-order valence-corrected chi connectivity index (χ0v) is 18.6. The predicted octanol–water partition coefficient (Wildman–Crippen LogP) is 3.21. The number of rotatable bonds is 9. The maximum atomic E-state index is 12.7. The summed E-state index contributed by atoms with van der Waals surface area (Å²) < 4.78 is 0. The lowest BCUT2D eigenvalue weighted by Crippen LogP contribution is -2.46. The van der Waals surface area contributed by atoms with Crippen LogP contribution >= 0.6 is 24.8 Å². The van der Waals surface area contributed by atoms with Crippen LogP contribution in [0.1, 0.15) is 39.5 Å². The molecule has 2 amide bonds. The number of amides is 2. The van der Waals surface area contributed by atoms with Crippen molar-refractivity contribution in [1.82, 2.24) is 10.6 Å². The van der Waals surface area contributed by atoms with Gasteiger partial charge in [-0.2, -0.15) is 0 Å². The topological polar surface area (TPSA) is 73.5 Å². The lowest BCUT2D eigenvalue weighted by atomic mass is 10.1. The standard InChI is InChI=1S/C20H32N4O2.2ClH/c1-4-8-18(23-19(25)15(2)14-21-3)20(26)22-16-9-7-10-17(13-16)24-11-5-6-12-24;;/h7,9-10,13,15,18,21H,4-6,8,11-12,14H2,1-3H3,(H,22,26)(H,23,25);2*1H. The maximum Gasteiger partial charge on any atom is 0.246 e. The van der Waals surface area contributed by atoms with Crippen LogP contribution in [-0.4, -0.2) is 44.5 Å². The van der Waals surface area contributed by atoms with E-state index in [1.54, 1.807) is 0 Å². The number of benzene rings is 1. The Kier molecular flexibility index (Phi) is 12.9. The van der Waals surface area contributed by atoms with Crippen molar-refractivity contribution in [3.05, 3.63) is 24.3 Å². The van der Waals surface area contributed by atoms with E-state index in [0.29, 0.717) is 13.0 Å². The fraction of sp³-hybridized carbons (Fsp3) is 0.600. The molecule has 0 aliphatic carbocycles. The summed E-state index contributed by atoms with van der Waals surface area (Å²) in [5, 5.41) is 8.85. The normalized spacial score (nSPS) is 15.0. The molecule has 0 spiro atoms. The monoisotopic (exact) mass is 432 g/mol. The highest BCUT2D eigenvalue weighted by Gasteiger charge is 2.23. The minimum absolute atomic E-state index is 0. The van der Waals surface area contributed by atoms with Crippen LogP contribution in [0.5, 0.6) is 0 Å². The molecular formula is C20H34Cl2N4O2. The van der Waals surface area contributed by atoms with Crippen LogP contribution in [0.2, 0.25) is 0 Å². The zero-order valence-electron chi connectivity index (χ0n) is 17.0. The Morgan fingerprint density at radius 3 is 2.43 bits per heavy atom. The van der Waals surface area contributed by atoms with Crippen molar-refractivity contribution >= 4 is 48.0 Å². The van der Waals surface area contributed by atoms with E-state index >= 15 is 0 Å². The van der Waals surface area contributed by atoms with E-state index in [1.807, 2.05) is 39.1 Å². The number of carbonyl (C=O) groups excluding carboxylic acids is 2. The maximum absolute atomic E-state index is 12.7. The minimum Gasteiger partial charge on any atom is -0.371 e. The summed E-state index contributed by atoms with van der Waals surface area (Å²) in [6, 6.07) is 7.43. The van der Waals surface area contributed by atoms with Crippen molar-refractivity contribution in [3.8, 4) is 0 Å². The van der Waals surface area contributed by atoms with Crippen molar-refractivity contribution < 1.29 is 9.59 Å². The van der Waals surface area contributed by atoms with Crippen molar-refractivity contribution in [2.45, 2.75) is 45.6 Å². The van der Waals surface area contributed by atoms with Crippen molar-refractivity contribution in [2.75, 3.05) is 36.9 Å². The molecular weight excluding hydrogens is 399 g/mol. The highest BCUT2D eigenvalue weighted by atomic mass is 35.5. The molecule has 2 atom stereocenters. The first-order valence-electron chi connectivity index (χ1n) is 9.66. The summed E-state index contributed by atoms with van der Waals surface area (Å²) in [5.41, 5.74) is 1.91. The Hall–Kier alpha value is -1.50. The van der Waals surface area contributed by atoms with Gasteiger partial charge in [-0.25, -0.2) is 0 Å². The molecule has 0 bridgehead atoms. The van der Waals surface area contributed by atoms with Gasteiger partial charge in [-0.15, -0.1) is 24.8 Å². The number of hydrogen-bond donors (Lipinski definition) is 3. The van der Waals surface area contributed by atoms with Crippen molar-refractivity contribution in [2.24, 2.45) is 5.92 Å². The molecule has 2 unspecified atom stereocenters. The second kappa shape index (κ2) is 13.6. The van der Waals surface area contributed by atoms with Gasteiger partial charge >= 0.3 is 0 Å². The SMILES string of the molecule is CCCC(NC(=O)C(C)CNC)C(=O)Nc1cccc(N2CCCC2)c1.Cl.Cl. The number of nitrogens with zero attached hydrogens (tertiary/aromatic N) is 1. The second-order valence-corrected chi connectivity index (χ2v) is 7.04. The number of carbonyl (C=O) groups is 2. The molecule has 1 aromatic rings. The molecule has 1 aliphatic rings. The van der Waals surface area contributed by atoms with Gasteiger partial charge in [0.2, 0.25) is 11.8 Å². The van der Waals surface area contributed by atoms with Gasteiger partial charge in [-0.05, 0) is 44.5 Å². The van der Waals surface area contributed by atoms with Gasteiger partial charge in [0.25, 0.3) is 0 Å². The van der Waals surface area contributed by atoms with Gasteiger partial charge in [0.05, 0.1) is 0 Å². The third-order valence-corrected chi connectivity index (χ3v) is 4.75. The van der Waals surface area contributed by atoms with Crippen LogP contribution in [0, 0.1) is 5.92 Å². The largest absolute Gasteiger partial charge is 0.371 e. The first-order chi connectivity index (χ1) is 12.5. The van der Waals surface area contributed by atoms with Crippen LogP contribution in [0.3, 0.4) is 0 Å². The average molecular weight is 433 g/mol. The van der Waals surface area contributed by atoms with E-state index in [1.165, 1.54) is 12.8 Å². The van der Waals surface area contributed by atoms with E-state index in [4.69, 9.17) is 0 Å². The first kappa shape index (κ1) is 26.5. The second-order valence-electron chi connectivity index (χ2n) is 7.04. The van der Waals surface area contributed by atoms with Crippen LogP contribution in [-0.2, 0) is 9.59 Å². The Bertz CT molecular complexity index is 610. The number of nitrogens with one attached hydrogen (secondary N) is 3.